The van der Waals surface area contributed by atoms with E-state index >= 15 is 0 Å². The lowest BCUT2D eigenvalue weighted by Gasteiger charge is -2.13. The van der Waals surface area contributed by atoms with Gasteiger partial charge in [0, 0.05) is 9.75 Å². The van der Waals surface area contributed by atoms with Gasteiger partial charge in [-0.25, -0.2) is 9.67 Å². The summed E-state index contributed by atoms with van der Waals surface area (Å²) in [6, 6.07) is 17.2. The third-order valence-corrected chi connectivity index (χ3v) is 6.20. The molecule has 0 aliphatic rings. The fourth-order valence-electron chi connectivity index (χ4n) is 2.21. The van der Waals surface area contributed by atoms with Gasteiger partial charge in [0.25, 0.3) is 0 Å². The minimum absolute atomic E-state index is 0.142. The van der Waals surface area contributed by atoms with Crippen LogP contribution in [0.5, 0.6) is 0 Å². The van der Waals surface area contributed by atoms with E-state index in [1.54, 1.807) is 29.2 Å². The van der Waals surface area contributed by atoms with Crippen molar-refractivity contribution in [3.05, 3.63) is 78.8 Å². The maximum atomic E-state index is 8.96. The van der Waals surface area contributed by atoms with Gasteiger partial charge in [-0.2, -0.15) is 20.9 Å². The molecule has 0 unspecified atom stereocenters. The van der Waals surface area contributed by atoms with Gasteiger partial charge in [-0.1, -0.05) is 6.07 Å². The van der Waals surface area contributed by atoms with Crippen LogP contribution in [0.25, 0.3) is 0 Å². The number of hydrogen-bond donors (Lipinski definition) is 0. The van der Waals surface area contributed by atoms with E-state index in [0.29, 0.717) is 9.75 Å². The first kappa shape index (κ1) is 18.5. The SMILES string of the molecule is N#Cc1ccc(C(c2ccc(C#N)s2)n2cncn2)s1.N#Cc1cccs1. The summed E-state index contributed by atoms with van der Waals surface area (Å²) in [5.41, 5.74) is 0. The van der Waals surface area contributed by atoms with Crippen LogP contribution in [0, 0.1) is 34.0 Å². The molecule has 6 nitrogen and oxygen atoms in total. The Hall–Kier alpha value is -3.29. The van der Waals surface area contributed by atoms with Crippen molar-refractivity contribution in [1.29, 1.82) is 15.8 Å². The highest BCUT2D eigenvalue weighted by atomic mass is 32.1. The Morgan fingerprint density at radius 2 is 1.48 bits per heavy atom. The normalized spacial score (nSPS) is 9.70. The van der Waals surface area contributed by atoms with Gasteiger partial charge >= 0.3 is 0 Å². The minimum atomic E-state index is -0.142. The number of hydrogen-bond acceptors (Lipinski definition) is 8. The molecule has 0 fully saturated rings. The molecule has 27 heavy (non-hydrogen) atoms. The van der Waals surface area contributed by atoms with Gasteiger partial charge < -0.3 is 0 Å². The molecule has 0 aliphatic heterocycles. The summed E-state index contributed by atoms with van der Waals surface area (Å²) in [6.45, 7) is 0. The van der Waals surface area contributed by atoms with Crippen molar-refractivity contribution < 1.29 is 0 Å². The van der Waals surface area contributed by atoms with E-state index in [9.17, 15) is 0 Å². The summed E-state index contributed by atoms with van der Waals surface area (Å²) < 4.78 is 1.74. The van der Waals surface area contributed by atoms with Crippen LogP contribution in [-0.4, -0.2) is 14.8 Å². The predicted molar refractivity (Wildman–Crippen MR) is 104 cm³/mol. The second-order valence-electron chi connectivity index (χ2n) is 4.99. The van der Waals surface area contributed by atoms with Gasteiger partial charge in [-0.15, -0.1) is 34.0 Å². The molecule has 4 aromatic rings. The highest BCUT2D eigenvalue weighted by Gasteiger charge is 2.21. The first-order valence-corrected chi connectivity index (χ1v) is 10.0. The van der Waals surface area contributed by atoms with Crippen LogP contribution < -0.4 is 0 Å². The summed E-state index contributed by atoms with van der Waals surface area (Å²) in [6.07, 6.45) is 3.12. The summed E-state index contributed by atoms with van der Waals surface area (Å²) in [5, 5.41) is 32.2. The lowest BCUT2D eigenvalue weighted by atomic mass is 10.2. The molecule has 0 bridgehead atoms. The standard InChI is InChI=1S/C13H7N5S2.C5H3NS/c14-5-9-1-3-11(19-9)13(18-8-16-7-17-18)12-4-2-10(6-15)20-12;6-4-5-2-1-3-7-5/h1-4,7-8,13H;1-3H. The molecule has 0 saturated carbocycles. The summed E-state index contributed by atoms with van der Waals surface area (Å²) in [7, 11) is 0. The molecule has 4 heterocycles. The van der Waals surface area contributed by atoms with Crippen LogP contribution in [0.15, 0.2) is 54.4 Å². The summed E-state index contributed by atoms with van der Waals surface area (Å²) >= 11 is 4.31. The fraction of sp³-hybridized carbons (Fsp3) is 0.0556. The summed E-state index contributed by atoms with van der Waals surface area (Å²) in [5.74, 6) is 0. The monoisotopic (exact) mass is 406 g/mol. The van der Waals surface area contributed by atoms with Crippen molar-refractivity contribution in [1.82, 2.24) is 14.8 Å². The Bertz CT molecular complexity index is 1070. The molecule has 4 aromatic heterocycles. The van der Waals surface area contributed by atoms with E-state index in [4.69, 9.17) is 15.8 Å². The van der Waals surface area contributed by atoms with Gasteiger partial charge in [-0.05, 0) is 35.7 Å². The predicted octanol–water partition coefficient (Wildman–Crippen LogP) is 4.40. The summed E-state index contributed by atoms with van der Waals surface area (Å²) in [4.78, 5) is 8.06. The Morgan fingerprint density at radius 3 is 1.85 bits per heavy atom. The Kier molecular flexibility index (Phi) is 6.09. The number of aromatic nitrogens is 3. The second kappa shape index (κ2) is 8.88. The van der Waals surface area contributed by atoms with Crippen molar-refractivity contribution in [2.24, 2.45) is 0 Å². The van der Waals surface area contributed by atoms with E-state index in [2.05, 4.69) is 22.2 Å². The zero-order valence-corrected chi connectivity index (χ0v) is 16.1. The first-order chi connectivity index (χ1) is 13.2. The molecular weight excluding hydrogens is 396 g/mol. The third kappa shape index (κ3) is 4.46. The first-order valence-electron chi connectivity index (χ1n) is 7.52. The van der Waals surface area contributed by atoms with Crippen LogP contribution in [0.3, 0.4) is 0 Å². The lowest BCUT2D eigenvalue weighted by molar-refractivity contribution is 0.610. The number of rotatable bonds is 3. The quantitative estimate of drug-likeness (QED) is 0.502. The topological polar surface area (TPSA) is 102 Å². The lowest BCUT2D eigenvalue weighted by Crippen LogP contribution is -2.09. The van der Waals surface area contributed by atoms with Crippen LogP contribution in [-0.2, 0) is 0 Å². The minimum Gasteiger partial charge on any atom is -0.239 e. The molecule has 0 aromatic carbocycles. The molecule has 0 radical (unpaired) electrons. The van der Waals surface area contributed by atoms with Crippen molar-refractivity contribution >= 4 is 34.0 Å². The largest absolute Gasteiger partial charge is 0.239 e. The zero-order chi connectivity index (χ0) is 19.1. The molecule has 4 rings (SSSR count). The van der Waals surface area contributed by atoms with Crippen molar-refractivity contribution in [2.45, 2.75) is 6.04 Å². The molecule has 9 heteroatoms. The Labute approximate surface area is 167 Å². The molecule has 0 aliphatic carbocycles. The van der Waals surface area contributed by atoms with E-state index < -0.39 is 0 Å². The van der Waals surface area contributed by atoms with Crippen molar-refractivity contribution in [2.75, 3.05) is 0 Å². The van der Waals surface area contributed by atoms with E-state index in [1.165, 1.54) is 40.3 Å². The maximum absolute atomic E-state index is 8.96. The molecule has 0 amide bonds. The molecular formula is C18H10N6S3. The van der Waals surface area contributed by atoms with Crippen LogP contribution in [0.4, 0.5) is 0 Å². The number of thiophene rings is 3. The fourth-order valence-corrected chi connectivity index (χ4v) is 4.64. The Balaban J connectivity index is 0.000000253. The second-order valence-corrected chi connectivity index (χ2v) is 8.17. The van der Waals surface area contributed by atoms with E-state index in [1.807, 2.05) is 29.6 Å². The maximum Gasteiger partial charge on any atom is 0.137 e. The molecule has 0 atom stereocenters. The Morgan fingerprint density at radius 1 is 0.852 bits per heavy atom. The molecule has 0 N–H and O–H groups in total. The number of nitrogens with zero attached hydrogens (tertiary/aromatic N) is 6. The van der Waals surface area contributed by atoms with E-state index in [0.717, 1.165) is 14.6 Å². The van der Waals surface area contributed by atoms with Gasteiger partial charge in [0.1, 0.15) is 51.5 Å². The van der Waals surface area contributed by atoms with E-state index in [-0.39, 0.29) is 6.04 Å². The average molecular weight is 407 g/mol. The van der Waals surface area contributed by atoms with Crippen molar-refractivity contribution in [3.8, 4) is 18.2 Å². The van der Waals surface area contributed by atoms with Crippen molar-refractivity contribution in [3.63, 3.8) is 0 Å². The van der Waals surface area contributed by atoms with Gasteiger partial charge in [0.05, 0.1) is 0 Å². The molecule has 0 saturated heterocycles. The highest BCUT2D eigenvalue weighted by molar-refractivity contribution is 7.14. The van der Waals surface area contributed by atoms with Crippen LogP contribution >= 0.6 is 34.0 Å². The van der Waals surface area contributed by atoms with Gasteiger partial charge in [-0.3, -0.25) is 0 Å². The molecule has 130 valence electrons. The smallest absolute Gasteiger partial charge is 0.137 e. The molecule has 0 spiro atoms. The zero-order valence-electron chi connectivity index (χ0n) is 13.7. The van der Waals surface area contributed by atoms with Gasteiger partial charge in [0.2, 0.25) is 0 Å². The average Bonchev–Trinajstić information content (AvgIpc) is 3.51. The number of nitriles is 3. The van der Waals surface area contributed by atoms with Gasteiger partial charge in [0.15, 0.2) is 0 Å². The third-order valence-electron chi connectivity index (χ3n) is 3.35. The van der Waals surface area contributed by atoms with Crippen LogP contribution in [0.2, 0.25) is 0 Å². The highest BCUT2D eigenvalue weighted by Crippen LogP contribution is 2.34. The van der Waals surface area contributed by atoms with Crippen LogP contribution in [0.1, 0.15) is 30.4 Å².